The molecule has 1 saturated heterocycles. The number of rotatable bonds is 5. The van der Waals surface area contributed by atoms with Gasteiger partial charge in [0.1, 0.15) is 11.4 Å². The van der Waals surface area contributed by atoms with Gasteiger partial charge in [-0.05, 0) is 62.6 Å². The largest absolute Gasteiger partial charge is 0.480 e. The van der Waals surface area contributed by atoms with Crippen LogP contribution in [0.1, 0.15) is 12.5 Å². The second kappa shape index (κ2) is 7.60. The first-order valence-corrected chi connectivity index (χ1v) is 8.10. The molecule has 0 aromatic heterocycles. The molecule has 3 amide bonds. The van der Waals surface area contributed by atoms with Gasteiger partial charge in [-0.2, -0.15) is 0 Å². The number of esters is 1. The fraction of sp³-hybridized carbons (Fsp3) is 0.214. The molecule has 1 aliphatic rings. The molecule has 0 aliphatic carbocycles. The first kappa shape index (κ1) is 17.5. The average molecular weight is 448 g/mol. The Morgan fingerprint density at radius 3 is 2.39 bits per heavy atom. The Hall–Kier alpha value is -1.87. The van der Waals surface area contributed by atoms with Crippen molar-refractivity contribution in [3.05, 3.63) is 32.3 Å². The standard InChI is InChI=1S/C14H12Br2N2O5/c1-2-22-11(19)6-23-12-8(15)3-7(4-9(12)16)5-10-13(20)18-14(21)17-10/h3-5H,2,6H2,1H3,(H2,17,18,20,21)/b10-5+. The molecule has 0 atom stereocenters. The van der Waals surface area contributed by atoms with Gasteiger partial charge in [0.2, 0.25) is 0 Å². The third-order valence-corrected chi connectivity index (χ3v) is 3.87. The van der Waals surface area contributed by atoms with Gasteiger partial charge < -0.3 is 14.8 Å². The van der Waals surface area contributed by atoms with Crippen molar-refractivity contribution in [2.24, 2.45) is 0 Å². The highest BCUT2D eigenvalue weighted by atomic mass is 79.9. The quantitative estimate of drug-likeness (QED) is 0.410. The molecule has 1 aromatic carbocycles. The molecule has 7 nitrogen and oxygen atoms in total. The molecule has 23 heavy (non-hydrogen) atoms. The maximum atomic E-state index is 11.5. The minimum Gasteiger partial charge on any atom is -0.480 e. The van der Waals surface area contributed by atoms with Crippen LogP contribution in [0.3, 0.4) is 0 Å². The topological polar surface area (TPSA) is 93.7 Å². The maximum absolute atomic E-state index is 11.5. The molecule has 2 rings (SSSR count). The highest BCUT2D eigenvalue weighted by Gasteiger charge is 2.23. The summed E-state index contributed by atoms with van der Waals surface area (Å²) in [6.45, 7) is 1.78. The summed E-state index contributed by atoms with van der Waals surface area (Å²) in [6, 6.07) is 2.82. The Bertz CT molecular complexity index is 679. The van der Waals surface area contributed by atoms with E-state index in [0.29, 0.717) is 20.3 Å². The van der Waals surface area contributed by atoms with Crippen molar-refractivity contribution in [2.45, 2.75) is 6.92 Å². The van der Waals surface area contributed by atoms with Crippen molar-refractivity contribution in [3.8, 4) is 5.75 Å². The number of carbonyl (C=O) groups excluding carboxylic acids is 3. The predicted molar refractivity (Wildman–Crippen MR) is 88.6 cm³/mol. The molecule has 0 unspecified atom stereocenters. The summed E-state index contributed by atoms with van der Waals surface area (Å²) in [5.41, 5.74) is 0.800. The lowest BCUT2D eigenvalue weighted by molar-refractivity contribution is -0.145. The monoisotopic (exact) mass is 446 g/mol. The van der Waals surface area contributed by atoms with E-state index in [0.717, 1.165) is 0 Å². The number of hydrogen-bond acceptors (Lipinski definition) is 5. The van der Waals surface area contributed by atoms with E-state index in [2.05, 4.69) is 42.5 Å². The molecule has 1 fully saturated rings. The van der Waals surface area contributed by atoms with E-state index >= 15 is 0 Å². The lowest BCUT2D eigenvalue weighted by Crippen LogP contribution is -2.22. The number of carbonyl (C=O) groups is 3. The number of ether oxygens (including phenoxy) is 2. The second-order valence-corrected chi connectivity index (χ2v) is 6.08. The number of hydrogen-bond donors (Lipinski definition) is 2. The van der Waals surface area contributed by atoms with Crippen molar-refractivity contribution in [3.63, 3.8) is 0 Å². The van der Waals surface area contributed by atoms with Gasteiger partial charge >= 0.3 is 12.0 Å². The SMILES string of the molecule is CCOC(=O)COc1c(Br)cc(/C=C2/NC(=O)NC2=O)cc1Br. The number of imide groups is 1. The Morgan fingerprint density at radius 1 is 1.22 bits per heavy atom. The van der Waals surface area contributed by atoms with Crippen molar-refractivity contribution in [2.75, 3.05) is 13.2 Å². The predicted octanol–water partition coefficient (Wildman–Crippen LogP) is 2.33. The third kappa shape index (κ3) is 4.55. The van der Waals surface area contributed by atoms with Crippen molar-refractivity contribution >= 4 is 55.8 Å². The van der Waals surface area contributed by atoms with Crippen LogP contribution in [-0.2, 0) is 14.3 Å². The highest BCUT2D eigenvalue weighted by molar-refractivity contribution is 9.11. The van der Waals surface area contributed by atoms with Gasteiger partial charge in [0, 0.05) is 0 Å². The van der Waals surface area contributed by atoms with E-state index in [1.165, 1.54) is 6.08 Å². The van der Waals surface area contributed by atoms with Crippen molar-refractivity contribution in [1.82, 2.24) is 10.6 Å². The minimum atomic E-state index is -0.561. The molecule has 1 heterocycles. The third-order valence-electron chi connectivity index (χ3n) is 2.69. The van der Waals surface area contributed by atoms with Crippen LogP contribution >= 0.6 is 31.9 Å². The number of benzene rings is 1. The molecule has 1 aliphatic heterocycles. The molecular weight excluding hydrogens is 436 g/mol. The van der Waals surface area contributed by atoms with E-state index in [4.69, 9.17) is 9.47 Å². The van der Waals surface area contributed by atoms with Crippen LogP contribution in [0.25, 0.3) is 6.08 Å². The molecular formula is C14H12Br2N2O5. The smallest absolute Gasteiger partial charge is 0.344 e. The zero-order valence-electron chi connectivity index (χ0n) is 11.9. The summed E-state index contributed by atoms with van der Waals surface area (Å²) in [7, 11) is 0. The van der Waals surface area contributed by atoms with Gasteiger partial charge in [-0.25, -0.2) is 9.59 Å². The molecule has 2 N–H and O–H groups in total. The van der Waals surface area contributed by atoms with Gasteiger partial charge in [-0.15, -0.1) is 0 Å². The lowest BCUT2D eigenvalue weighted by atomic mass is 10.2. The van der Waals surface area contributed by atoms with E-state index in [1.807, 2.05) is 0 Å². The summed E-state index contributed by atoms with van der Waals surface area (Å²) in [5.74, 6) is -0.534. The first-order valence-electron chi connectivity index (χ1n) is 6.52. The fourth-order valence-corrected chi connectivity index (χ4v) is 3.23. The Kier molecular flexibility index (Phi) is 5.78. The van der Waals surface area contributed by atoms with Gasteiger partial charge in [0.15, 0.2) is 6.61 Å². The van der Waals surface area contributed by atoms with Gasteiger partial charge in [-0.1, -0.05) is 0 Å². The molecule has 0 bridgehead atoms. The van der Waals surface area contributed by atoms with Crippen molar-refractivity contribution in [1.29, 1.82) is 0 Å². The maximum Gasteiger partial charge on any atom is 0.344 e. The Balaban J connectivity index is 2.17. The minimum absolute atomic E-state index is 0.147. The summed E-state index contributed by atoms with van der Waals surface area (Å²) in [6.07, 6.45) is 1.52. The summed E-state index contributed by atoms with van der Waals surface area (Å²) in [4.78, 5) is 33.9. The number of halogens is 2. The van der Waals surface area contributed by atoms with Crippen molar-refractivity contribution < 1.29 is 23.9 Å². The van der Waals surface area contributed by atoms with Crippen LogP contribution in [-0.4, -0.2) is 31.1 Å². The first-order chi connectivity index (χ1) is 10.9. The zero-order valence-corrected chi connectivity index (χ0v) is 15.1. The zero-order chi connectivity index (χ0) is 17.0. The number of nitrogens with one attached hydrogen (secondary N) is 2. The molecule has 122 valence electrons. The van der Waals surface area contributed by atoms with E-state index in [9.17, 15) is 14.4 Å². The molecule has 0 spiro atoms. The normalized spacial score (nSPS) is 15.3. The van der Waals surface area contributed by atoms with Crippen LogP contribution in [0.5, 0.6) is 5.75 Å². The summed E-state index contributed by atoms with van der Waals surface area (Å²) in [5, 5.41) is 4.51. The Morgan fingerprint density at radius 2 is 1.87 bits per heavy atom. The van der Waals surface area contributed by atoms with Gasteiger partial charge in [0.05, 0.1) is 15.6 Å². The number of urea groups is 1. The molecule has 0 saturated carbocycles. The number of amides is 3. The van der Waals surface area contributed by atoms with Gasteiger partial charge in [-0.3, -0.25) is 10.1 Å². The Labute approximate surface area is 148 Å². The molecule has 9 heteroatoms. The fourth-order valence-electron chi connectivity index (χ4n) is 1.78. The second-order valence-electron chi connectivity index (χ2n) is 4.37. The van der Waals surface area contributed by atoms with E-state index in [1.54, 1.807) is 19.1 Å². The van der Waals surface area contributed by atoms with Crippen LogP contribution in [0.15, 0.2) is 26.8 Å². The summed E-state index contributed by atoms with van der Waals surface area (Å²) < 4.78 is 11.3. The molecule has 0 radical (unpaired) electrons. The van der Waals surface area contributed by atoms with E-state index < -0.39 is 17.9 Å². The van der Waals surface area contributed by atoms with Crippen LogP contribution in [0, 0.1) is 0 Å². The summed E-state index contributed by atoms with van der Waals surface area (Å²) >= 11 is 6.68. The molecule has 1 aromatic rings. The highest BCUT2D eigenvalue weighted by Crippen LogP contribution is 2.35. The van der Waals surface area contributed by atoms with Gasteiger partial charge in [0.25, 0.3) is 5.91 Å². The van der Waals surface area contributed by atoms with E-state index in [-0.39, 0.29) is 18.9 Å². The average Bonchev–Trinajstić information content (AvgIpc) is 2.76. The lowest BCUT2D eigenvalue weighted by Gasteiger charge is -2.11. The van der Waals surface area contributed by atoms with Crippen LogP contribution < -0.4 is 15.4 Å². The van der Waals surface area contributed by atoms with Crippen LogP contribution in [0.2, 0.25) is 0 Å². The van der Waals surface area contributed by atoms with Crippen LogP contribution in [0.4, 0.5) is 4.79 Å².